The highest BCUT2D eigenvalue weighted by Gasteiger charge is 2.68. The number of ketones is 1. The molecule has 2 bridgehead atoms. The average molecular weight is 640 g/mol. The molecule has 1 aromatic carbocycles. The van der Waals surface area contributed by atoms with Crippen molar-refractivity contribution in [2.24, 2.45) is 39.8 Å². The maximum atomic E-state index is 14.1. The van der Waals surface area contributed by atoms with Gasteiger partial charge in [0.05, 0.1) is 30.2 Å². The summed E-state index contributed by atoms with van der Waals surface area (Å²) in [6, 6.07) is 7.57. The lowest BCUT2D eigenvalue weighted by molar-refractivity contribution is -0.525. The van der Waals surface area contributed by atoms with E-state index >= 15 is 0 Å². The zero-order valence-electron chi connectivity index (χ0n) is 28.0. The molecular formula is C33H50BN5O7. The van der Waals surface area contributed by atoms with Gasteiger partial charge >= 0.3 is 7.12 Å². The molecule has 1 heterocycles. The lowest BCUT2D eigenvalue weighted by Crippen LogP contribution is -2.65. The second-order valence-corrected chi connectivity index (χ2v) is 15.0. The van der Waals surface area contributed by atoms with Crippen molar-refractivity contribution in [3.63, 3.8) is 0 Å². The highest BCUT2D eigenvalue weighted by molar-refractivity contribution is 6.47. The molecule has 46 heavy (non-hydrogen) atoms. The van der Waals surface area contributed by atoms with Crippen molar-refractivity contribution in [2.75, 3.05) is 13.7 Å². The summed E-state index contributed by atoms with van der Waals surface area (Å²) in [4.78, 5) is 42.7. The van der Waals surface area contributed by atoms with E-state index in [1.54, 1.807) is 7.11 Å². The smallest absolute Gasteiger partial charge is 0.481 e. The molecule has 4 saturated carbocycles. The number of amides is 1. The highest BCUT2D eigenvalue weighted by atomic mass is 16.7. The van der Waals surface area contributed by atoms with Crippen molar-refractivity contribution in [2.45, 2.75) is 109 Å². The predicted molar refractivity (Wildman–Crippen MR) is 174 cm³/mol. The van der Waals surface area contributed by atoms with Crippen LogP contribution in [0.1, 0.15) is 91.5 Å². The largest absolute Gasteiger partial charge is 0.497 e. The molecule has 1 aromatic rings. The predicted octanol–water partition coefficient (Wildman–Crippen LogP) is 3.98. The number of nitro groups is 1. The molecule has 0 unspecified atom stereocenters. The number of hydrogen-bond donors (Lipinski definition) is 3. The summed E-state index contributed by atoms with van der Waals surface area (Å²) >= 11 is 0. The third-order valence-corrected chi connectivity index (χ3v) is 11.3. The fourth-order valence-corrected chi connectivity index (χ4v) is 8.29. The zero-order chi connectivity index (χ0) is 33.4. The molecule has 1 aliphatic heterocycles. The number of hydrogen-bond acceptors (Lipinski definition) is 8. The van der Waals surface area contributed by atoms with Crippen molar-refractivity contribution in [3.05, 3.63) is 39.9 Å². The summed E-state index contributed by atoms with van der Waals surface area (Å²) in [6.45, 7) is 11.2. The van der Waals surface area contributed by atoms with Gasteiger partial charge in [-0.3, -0.25) is 9.59 Å². The third kappa shape index (κ3) is 6.76. The van der Waals surface area contributed by atoms with Crippen LogP contribution in [-0.2, 0) is 24.3 Å². The SMILES string of the molecule is COc1ccc(C2(C(=O)C[C@@H](CCCN=C(N)N[N+](=O)[O-])C(=O)N[C@@H](CC(C)C)B3O[C@@H]4C[C@@H]5C[C@@H](C5(C)C)[C@]4(C)O3)CC2)cc1. The van der Waals surface area contributed by atoms with Crippen LogP contribution in [-0.4, -0.2) is 61.1 Å². The van der Waals surface area contributed by atoms with Gasteiger partial charge < -0.3 is 25.1 Å². The summed E-state index contributed by atoms with van der Waals surface area (Å²) in [7, 11) is 1.03. The number of nitrogens with zero attached hydrogens (tertiary/aromatic N) is 2. The Bertz CT molecular complexity index is 1330. The Morgan fingerprint density at radius 1 is 1.20 bits per heavy atom. The van der Waals surface area contributed by atoms with E-state index in [0.717, 1.165) is 37.0 Å². The first kappa shape index (κ1) is 34.2. The van der Waals surface area contributed by atoms with Gasteiger partial charge in [0.1, 0.15) is 11.5 Å². The van der Waals surface area contributed by atoms with Crippen LogP contribution in [0.5, 0.6) is 5.75 Å². The Labute approximate surface area is 272 Å². The molecule has 4 aliphatic carbocycles. The molecule has 12 nitrogen and oxygen atoms in total. The zero-order valence-corrected chi connectivity index (χ0v) is 28.0. The number of rotatable bonds is 15. The number of guanidine groups is 1. The summed E-state index contributed by atoms with van der Waals surface area (Å²) in [5, 5.41) is 13.2. The van der Waals surface area contributed by atoms with E-state index in [9.17, 15) is 19.7 Å². The van der Waals surface area contributed by atoms with Crippen LogP contribution < -0.4 is 21.2 Å². The van der Waals surface area contributed by atoms with Crippen LogP contribution in [0.3, 0.4) is 0 Å². The monoisotopic (exact) mass is 639 g/mol. The van der Waals surface area contributed by atoms with Gasteiger partial charge in [0.25, 0.3) is 5.96 Å². The number of hydrazine groups is 1. The quantitative estimate of drug-likeness (QED) is 0.0642. The number of ether oxygens (including phenoxy) is 1. The number of nitrogens with two attached hydrogens (primary N) is 1. The minimum Gasteiger partial charge on any atom is -0.497 e. The lowest BCUT2D eigenvalue weighted by atomic mass is 9.43. The Kier molecular flexibility index (Phi) is 9.76. The van der Waals surface area contributed by atoms with E-state index in [1.807, 2.05) is 29.7 Å². The van der Waals surface area contributed by atoms with Crippen LogP contribution in [0.25, 0.3) is 0 Å². The van der Waals surface area contributed by atoms with Gasteiger partial charge in [-0.1, -0.05) is 45.3 Å². The maximum absolute atomic E-state index is 14.1. The van der Waals surface area contributed by atoms with Gasteiger partial charge in [-0.05, 0) is 92.7 Å². The van der Waals surface area contributed by atoms with Gasteiger partial charge in [-0.2, -0.15) is 0 Å². The molecule has 6 rings (SSSR count). The second-order valence-electron chi connectivity index (χ2n) is 15.0. The standard InChI is InChI=1S/C33H50BN5O7/c1-20(2)16-28(34-45-27-19-23-18-25(31(23,3)4)32(27,5)46-34)37-29(41)21(8-7-15-36-30(35)38-39(42)43)17-26(40)33(13-14-33)22-9-11-24(44-6)12-10-22/h9-12,20-21,23,25,27-28H,7-8,13-19H2,1-6H3,(H,37,41)(H3,35,36,38)/t21-,23+,25+,27-,28+,32+/m1/s1. The minimum atomic E-state index is -0.773. The number of Topliss-reactive ketones (excluding diaryl/α,β-unsaturated/α-hetero) is 1. The maximum Gasteiger partial charge on any atom is 0.481 e. The molecule has 13 heteroatoms. The van der Waals surface area contributed by atoms with Crippen LogP contribution in [0.4, 0.5) is 0 Å². The first-order valence-electron chi connectivity index (χ1n) is 16.7. The van der Waals surface area contributed by atoms with Crippen molar-refractivity contribution in [1.82, 2.24) is 10.7 Å². The van der Waals surface area contributed by atoms with Crippen LogP contribution in [0.15, 0.2) is 29.3 Å². The molecular weight excluding hydrogens is 589 g/mol. The Morgan fingerprint density at radius 3 is 2.48 bits per heavy atom. The Morgan fingerprint density at radius 2 is 1.89 bits per heavy atom. The first-order chi connectivity index (χ1) is 21.7. The number of carbonyl (C=O) groups excluding carboxylic acids is 2. The molecule has 0 spiro atoms. The summed E-state index contributed by atoms with van der Waals surface area (Å²) in [6.07, 6.45) is 5.09. The van der Waals surface area contributed by atoms with E-state index < -0.39 is 29.1 Å². The fraction of sp³-hybridized carbons (Fsp3) is 0.727. The number of carbonyl (C=O) groups is 2. The molecule has 5 fully saturated rings. The van der Waals surface area contributed by atoms with Crippen molar-refractivity contribution < 1.29 is 28.7 Å². The average Bonchev–Trinajstić information content (AvgIpc) is 3.72. The van der Waals surface area contributed by atoms with Crippen molar-refractivity contribution in [1.29, 1.82) is 0 Å². The van der Waals surface area contributed by atoms with E-state index in [4.69, 9.17) is 19.8 Å². The first-order valence-corrected chi connectivity index (χ1v) is 16.7. The summed E-state index contributed by atoms with van der Waals surface area (Å²) in [5.41, 5.74) is 7.55. The van der Waals surface area contributed by atoms with E-state index in [-0.39, 0.29) is 54.0 Å². The van der Waals surface area contributed by atoms with E-state index in [0.29, 0.717) is 31.1 Å². The Balaban J connectivity index is 1.31. The fourth-order valence-electron chi connectivity index (χ4n) is 8.29. The van der Waals surface area contributed by atoms with Gasteiger partial charge in [0, 0.05) is 18.9 Å². The number of nitrogens with one attached hydrogen (secondary N) is 2. The molecule has 0 aromatic heterocycles. The van der Waals surface area contributed by atoms with Crippen molar-refractivity contribution >= 4 is 24.8 Å². The van der Waals surface area contributed by atoms with Crippen molar-refractivity contribution in [3.8, 4) is 5.75 Å². The molecule has 5 aliphatic rings. The Hall–Kier alpha value is -3.19. The van der Waals surface area contributed by atoms with Crippen LogP contribution in [0, 0.1) is 39.2 Å². The molecule has 6 atom stereocenters. The molecule has 1 amide bonds. The normalized spacial score (nSPS) is 28.5. The number of methoxy groups -OCH3 is 1. The number of benzene rings is 1. The van der Waals surface area contributed by atoms with Gasteiger partial charge in [0.15, 0.2) is 5.03 Å². The molecule has 4 N–H and O–H groups in total. The third-order valence-electron chi connectivity index (χ3n) is 11.3. The highest BCUT2D eigenvalue weighted by Crippen LogP contribution is 2.65. The van der Waals surface area contributed by atoms with Gasteiger partial charge in [-0.15, -0.1) is 0 Å². The van der Waals surface area contributed by atoms with Crippen LogP contribution >= 0.6 is 0 Å². The molecule has 0 radical (unpaired) electrons. The second kappa shape index (κ2) is 13.1. The summed E-state index contributed by atoms with van der Waals surface area (Å²) in [5.74, 6) is 0.524. The van der Waals surface area contributed by atoms with Gasteiger partial charge in [0.2, 0.25) is 5.91 Å². The molecule has 1 saturated heterocycles. The minimum absolute atomic E-state index is 0.00599. The lowest BCUT2D eigenvalue weighted by Gasteiger charge is -2.64. The topological polar surface area (TPSA) is 167 Å². The van der Waals surface area contributed by atoms with Crippen LogP contribution in [0.2, 0.25) is 0 Å². The number of aliphatic imine (C=N–C) groups is 1. The van der Waals surface area contributed by atoms with E-state index in [1.165, 1.54) is 0 Å². The summed E-state index contributed by atoms with van der Waals surface area (Å²) < 4.78 is 18.6. The molecule has 252 valence electrons. The van der Waals surface area contributed by atoms with Gasteiger partial charge in [-0.25, -0.2) is 15.1 Å². The van der Waals surface area contributed by atoms with E-state index in [2.05, 4.69) is 44.9 Å².